The quantitative estimate of drug-likeness (QED) is 0.832. The summed E-state index contributed by atoms with van der Waals surface area (Å²) in [4.78, 5) is 0. The average Bonchev–Trinajstić information content (AvgIpc) is 2.24. The summed E-state index contributed by atoms with van der Waals surface area (Å²) in [5.74, 6) is -0.771. The Hall–Kier alpha value is -1.00. The topological polar surface area (TPSA) is 38.0 Å². The number of nitrogens with one attached hydrogen (secondary N) is 1. The third-order valence-corrected chi connectivity index (χ3v) is 3.32. The van der Waals surface area contributed by atoms with Gasteiger partial charge in [0.15, 0.2) is 0 Å². The van der Waals surface area contributed by atoms with Crippen molar-refractivity contribution < 1.29 is 8.78 Å². The Morgan fingerprint density at radius 3 is 2.18 bits per heavy atom. The molecule has 4 heteroatoms. The fraction of sp³-hybridized carbons (Fsp3) is 0.538. The summed E-state index contributed by atoms with van der Waals surface area (Å²) in [5, 5.41) is 3.26. The van der Waals surface area contributed by atoms with Crippen LogP contribution in [0.2, 0.25) is 0 Å². The lowest BCUT2D eigenvalue weighted by atomic mass is 9.88. The van der Waals surface area contributed by atoms with E-state index >= 15 is 0 Å². The van der Waals surface area contributed by atoms with Gasteiger partial charge in [-0.1, -0.05) is 13.8 Å². The van der Waals surface area contributed by atoms with Crippen molar-refractivity contribution in [3.05, 3.63) is 35.4 Å². The molecule has 0 amide bonds. The highest BCUT2D eigenvalue weighted by Gasteiger charge is 2.25. The lowest BCUT2D eigenvalue weighted by molar-refractivity contribution is 0.267. The van der Waals surface area contributed by atoms with Gasteiger partial charge in [-0.05, 0) is 30.5 Å². The summed E-state index contributed by atoms with van der Waals surface area (Å²) in [6.07, 6.45) is 0. The highest BCUT2D eigenvalue weighted by molar-refractivity contribution is 5.18. The molecule has 1 atom stereocenters. The standard InChI is InChI=1S/C13H20F2N2/c1-9(2)13(3,8-16)17-7-10-4-11(14)6-12(15)5-10/h4-6,9,17H,7-8,16H2,1-3H3. The molecule has 1 aromatic carbocycles. The van der Waals surface area contributed by atoms with Crippen molar-refractivity contribution in [3.63, 3.8) is 0 Å². The molecule has 0 spiro atoms. The van der Waals surface area contributed by atoms with Crippen LogP contribution in [-0.2, 0) is 6.54 Å². The molecule has 96 valence electrons. The highest BCUT2D eigenvalue weighted by Crippen LogP contribution is 2.16. The smallest absolute Gasteiger partial charge is 0.126 e. The molecule has 0 aliphatic heterocycles. The van der Waals surface area contributed by atoms with E-state index in [1.807, 2.05) is 6.92 Å². The van der Waals surface area contributed by atoms with Gasteiger partial charge in [0.25, 0.3) is 0 Å². The van der Waals surface area contributed by atoms with Gasteiger partial charge in [0.05, 0.1) is 0 Å². The van der Waals surface area contributed by atoms with E-state index in [1.54, 1.807) is 0 Å². The zero-order valence-electron chi connectivity index (χ0n) is 10.6. The van der Waals surface area contributed by atoms with Gasteiger partial charge in [0, 0.05) is 24.7 Å². The largest absolute Gasteiger partial charge is 0.329 e. The van der Waals surface area contributed by atoms with E-state index in [0.29, 0.717) is 24.6 Å². The first-order valence-electron chi connectivity index (χ1n) is 5.77. The predicted octanol–water partition coefficient (Wildman–Crippen LogP) is 2.43. The Morgan fingerprint density at radius 2 is 1.76 bits per heavy atom. The highest BCUT2D eigenvalue weighted by atomic mass is 19.1. The second-order valence-electron chi connectivity index (χ2n) is 4.91. The van der Waals surface area contributed by atoms with Crippen molar-refractivity contribution in [3.8, 4) is 0 Å². The monoisotopic (exact) mass is 242 g/mol. The molecule has 0 saturated carbocycles. The number of nitrogens with two attached hydrogens (primary N) is 1. The van der Waals surface area contributed by atoms with Gasteiger partial charge in [0.2, 0.25) is 0 Å². The van der Waals surface area contributed by atoms with Crippen LogP contribution in [0.4, 0.5) is 8.78 Å². The number of halogens is 2. The second kappa shape index (κ2) is 5.56. The fourth-order valence-electron chi connectivity index (χ4n) is 1.53. The molecule has 0 saturated heterocycles. The molecule has 1 unspecified atom stereocenters. The van der Waals surface area contributed by atoms with Crippen LogP contribution in [0.15, 0.2) is 18.2 Å². The molecule has 0 aliphatic rings. The molecule has 0 heterocycles. The molecule has 0 radical (unpaired) electrons. The minimum atomic E-state index is -0.555. The molecular weight excluding hydrogens is 222 g/mol. The Morgan fingerprint density at radius 1 is 1.24 bits per heavy atom. The first-order chi connectivity index (χ1) is 7.87. The Labute approximate surface area is 101 Å². The summed E-state index contributed by atoms with van der Waals surface area (Å²) in [6, 6.07) is 3.52. The summed E-state index contributed by atoms with van der Waals surface area (Å²) in [6.45, 7) is 7.01. The number of rotatable bonds is 5. The third kappa shape index (κ3) is 3.75. The first-order valence-corrected chi connectivity index (χ1v) is 5.77. The minimum Gasteiger partial charge on any atom is -0.329 e. The molecular formula is C13H20F2N2. The Bertz CT molecular complexity index is 359. The lowest BCUT2D eigenvalue weighted by Crippen LogP contribution is -2.52. The maximum Gasteiger partial charge on any atom is 0.126 e. The zero-order valence-corrected chi connectivity index (χ0v) is 10.6. The summed E-state index contributed by atoms with van der Waals surface area (Å²) >= 11 is 0. The van der Waals surface area contributed by atoms with Gasteiger partial charge in [-0.2, -0.15) is 0 Å². The van der Waals surface area contributed by atoms with Gasteiger partial charge in [-0.3, -0.25) is 0 Å². The molecule has 2 nitrogen and oxygen atoms in total. The minimum absolute atomic E-state index is 0.233. The zero-order chi connectivity index (χ0) is 13.1. The van der Waals surface area contributed by atoms with Crippen LogP contribution in [0.25, 0.3) is 0 Å². The maximum atomic E-state index is 13.0. The van der Waals surface area contributed by atoms with Crippen molar-refractivity contribution in [2.24, 2.45) is 11.7 Å². The van der Waals surface area contributed by atoms with Crippen molar-refractivity contribution in [2.45, 2.75) is 32.9 Å². The van der Waals surface area contributed by atoms with E-state index in [9.17, 15) is 8.78 Å². The van der Waals surface area contributed by atoms with E-state index in [2.05, 4.69) is 19.2 Å². The number of benzene rings is 1. The van der Waals surface area contributed by atoms with Gasteiger partial charge in [-0.25, -0.2) is 8.78 Å². The third-order valence-electron chi connectivity index (χ3n) is 3.32. The maximum absolute atomic E-state index is 13.0. The normalized spacial score (nSPS) is 15.0. The van der Waals surface area contributed by atoms with Crippen LogP contribution in [0.5, 0.6) is 0 Å². The molecule has 1 aromatic rings. The fourth-order valence-corrected chi connectivity index (χ4v) is 1.53. The molecule has 17 heavy (non-hydrogen) atoms. The summed E-state index contributed by atoms with van der Waals surface area (Å²) in [7, 11) is 0. The van der Waals surface area contributed by atoms with Gasteiger partial charge in [-0.15, -0.1) is 0 Å². The van der Waals surface area contributed by atoms with E-state index < -0.39 is 11.6 Å². The molecule has 0 aromatic heterocycles. The average molecular weight is 242 g/mol. The number of hydrogen-bond donors (Lipinski definition) is 2. The molecule has 0 aliphatic carbocycles. The van der Waals surface area contributed by atoms with Gasteiger partial charge in [0.1, 0.15) is 11.6 Å². The van der Waals surface area contributed by atoms with Crippen LogP contribution >= 0.6 is 0 Å². The van der Waals surface area contributed by atoms with Crippen LogP contribution in [0.1, 0.15) is 26.3 Å². The summed E-state index contributed by atoms with van der Waals surface area (Å²) < 4.78 is 26.0. The first kappa shape index (κ1) is 14.1. The Balaban J connectivity index is 2.72. The van der Waals surface area contributed by atoms with Crippen LogP contribution in [0, 0.1) is 17.6 Å². The molecule has 1 rings (SSSR count). The summed E-state index contributed by atoms with van der Waals surface area (Å²) in [5.41, 5.74) is 6.07. The van der Waals surface area contributed by atoms with E-state index in [-0.39, 0.29) is 5.54 Å². The van der Waals surface area contributed by atoms with Crippen molar-refractivity contribution in [1.82, 2.24) is 5.32 Å². The van der Waals surface area contributed by atoms with Crippen molar-refractivity contribution in [2.75, 3.05) is 6.54 Å². The van der Waals surface area contributed by atoms with Crippen LogP contribution in [0.3, 0.4) is 0 Å². The predicted molar refractivity (Wildman–Crippen MR) is 65.5 cm³/mol. The van der Waals surface area contributed by atoms with E-state index in [0.717, 1.165) is 6.07 Å². The van der Waals surface area contributed by atoms with Crippen molar-refractivity contribution in [1.29, 1.82) is 0 Å². The SMILES string of the molecule is CC(C)C(C)(CN)NCc1cc(F)cc(F)c1. The van der Waals surface area contributed by atoms with Gasteiger partial charge >= 0.3 is 0 Å². The Kier molecular flexibility index (Phi) is 4.60. The van der Waals surface area contributed by atoms with E-state index in [4.69, 9.17) is 5.73 Å². The lowest BCUT2D eigenvalue weighted by Gasteiger charge is -2.33. The molecule has 0 fully saturated rings. The number of hydrogen-bond acceptors (Lipinski definition) is 2. The van der Waals surface area contributed by atoms with Crippen LogP contribution in [-0.4, -0.2) is 12.1 Å². The molecule has 0 bridgehead atoms. The molecule has 3 N–H and O–H groups in total. The van der Waals surface area contributed by atoms with Crippen molar-refractivity contribution >= 4 is 0 Å². The van der Waals surface area contributed by atoms with Gasteiger partial charge < -0.3 is 11.1 Å². The van der Waals surface area contributed by atoms with Crippen LogP contribution < -0.4 is 11.1 Å². The second-order valence-corrected chi connectivity index (χ2v) is 4.91. The van der Waals surface area contributed by atoms with E-state index in [1.165, 1.54) is 12.1 Å².